The third-order valence-electron chi connectivity index (χ3n) is 4.10. The van der Waals surface area contributed by atoms with Crippen molar-refractivity contribution in [2.75, 3.05) is 18.9 Å². The van der Waals surface area contributed by atoms with Gasteiger partial charge in [-0.15, -0.1) is 0 Å². The Bertz CT molecular complexity index is 975. The molecule has 0 aliphatic carbocycles. The van der Waals surface area contributed by atoms with Gasteiger partial charge in [-0.2, -0.15) is 4.31 Å². The van der Waals surface area contributed by atoms with Crippen molar-refractivity contribution >= 4 is 43.5 Å². The molecule has 29 heavy (non-hydrogen) atoms. The number of hydrogen-bond donors (Lipinski definition) is 2. The molecule has 0 radical (unpaired) electrons. The number of amides is 2. The van der Waals surface area contributed by atoms with Crippen LogP contribution >= 0.6 is 15.9 Å². The molecule has 156 valence electrons. The first kappa shape index (κ1) is 23.1. The smallest absolute Gasteiger partial charge is 0.243 e. The lowest BCUT2D eigenvalue weighted by Crippen LogP contribution is -2.38. The highest BCUT2D eigenvalue weighted by Gasteiger charge is 2.22. The van der Waals surface area contributed by atoms with Gasteiger partial charge in [-0.25, -0.2) is 8.42 Å². The van der Waals surface area contributed by atoms with E-state index in [1.165, 1.54) is 19.2 Å². The molecule has 2 rings (SSSR count). The van der Waals surface area contributed by atoms with Crippen LogP contribution in [0.25, 0.3) is 0 Å². The summed E-state index contributed by atoms with van der Waals surface area (Å²) in [6.07, 6.45) is 0. The van der Waals surface area contributed by atoms with E-state index in [-0.39, 0.29) is 29.8 Å². The molecule has 0 saturated heterocycles. The number of carbonyl (C=O) groups is 2. The first-order valence-corrected chi connectivity index (χ1v) is 11.2. The Morgan fingerprint density at radius 3 is 2.38 bits per heavy atom. The summed E-state index contributed by atoms with van der Waals surface area (Å²) in [5, 5.41) is 5.50. The van der Waals surface area contributed by atoms with Crippen molar-refractivity contribution in [2.45, 2.75) is 25.3 Å². The van der Waals surface area contributed by atoms with E-state index >= 15 is 0 Å². The van der Waals surface area contributed by atoms with Crippen molar-refractivity contribution < 1.29 is 18.0 Å². The van der Waals surface area contributed by atoms with Crippen molar-refractivity contribution in [3.05, 3.63) is 58.6 Å². The summed E-state index contributed by atoms with van der Waals surface area (Å²) in [4.78, 5) is 24.1. The molecule has 0 spiro atoms. The van der Waals surface area contributed by atoms with Crippen LogP contribution in [0.2, 0.25) is 0 Å². The molecule has 2 N–H and O–H groups in total. The van der Waals surface area contributed by atoms with Gasteiger partial charge >= 0.3 is 0 Å². The number of halogens is 1. The minimum Gasteiger partial charge on any atom is -0.351 e. The number of rotatable bonds is 8. The van der Waals surface area contributed by atoms with Gasteiger partial charge in [0.25, 0.3) is 0 Å². The van der Waals surface area contributed by atoms with Gasteiger partial charge in [0.05, 0.1) is 11.4 Å². The molecular formula is C20H24BrN3O4S. The summed E-state index contributed by atoms with van der Waals surface area (Å²) < 4.78 is 26.9. The van der Waals surface area contributed by atoms with Crippen molar-refractivity contribution in [1.82, 2.24) is 9.62 Å². The molecule has 2 aromatic carbocycles. The Labute approximate surface area is 179 Å². The molecule has 0 heterocycles. The highest BCUT2D eigenvalue weighted by Crippen LogP contribution is 2.17. The van der Waals surface area contributed by atoms with E-state index in [4.69, 9.17) is 0 Å². The van der Waals surface area contributed by atoms with Gasteiger partial charge in [-0.3, -0.25) is 9.59 Å². The van der Waals surface area contributed by atoms with E-state index in [0.717, 1.165) is 14.3 Å². The van der Waals surface area contributed by atoms with Crippen LogP contribution in [0.4, 0.5) is 5.69 Å². The lowest BCUT2D eigenvalue weighted by Gasteiger charge is -2.17. The third kappa shape index (κ3) is 6.66. The molecule has 0 unspecified atom stereocenters. The second-order valence-corrected chi connectivity index (χ2v) is 9.80. The number of nitrogens with one attached hydrogen (secondary N) is 2. The number of sulfonamides is 1. The summed E-state index contributed by atoms with van der Waals surface area (Å²) in [5.41, 5.74) is 1.43. The van der Waals surface area contributed by atoms with Gasteiger partial charge < -0.3 is 10.6 Å². The van der Waals surface area contributed by atoms with Crippen LogP contribution in [0.15, 0.2) is 57.9 Å². The van der Waals surface area contributed by atoms with E-state index in [0.29, 0.717) is 5.69 Å². The minimum atomic E-state index is -3.76. The zero-order valence-electron chi connectivity index (χ0n) is 16.5. The number of benzene rings is 2. The van der Waals surface area contributed by atoms with Crippen molar-refractivity contribution in [2.24, 2.45) is 5.92 Å². The van der Waals surface area contributed by atoms with Crippen molar-refractivity contribution in [1.29, 1.82) is 0 Å². The summed E-state index contributed by atoms with van der Waals surface area (Å²) in [6, 6.07) is 13.3. The van der Waals surface area contributed by atoms with E-state index in [1.807, 2.05) is 6.07 Å². The summed E-state index contributed by atoms with van der Waals surface area (Å²) in [5.74, 6) is -0.655. The fraction of sp³-hybridized carbons (Fsp3) is 0.300. The Morgan fingerprint density at radius 2 is 1.76 bits per heavy atom. The zero-order chi connectivity index (χ0) is 21.6. The van der Waals surface area contributed by atoms with Gasteiger partial charge in [0.1, 0.15) is 0 Å². The van der Waals surface area contributed by atoms with Crippen molar-refractivity contribution in [3.63, 3.8) is 0 Å². The minimum absolute atomic E-state index is 0.0917. The molecule has 9 heteroatoms. The van der Waals surface area contributed by atoms with E-state index in [9.17, 15) is 18.0 Å². The molecule has 0 fully saturated rings. The predicted octanol–water partition coefficient (Wildman–Crippen LogP) is 2.98. The van der Waals surface area contributed by atoms with Gasteiger partial charge in [0.15, 0.2) is 0 Å². The Morgan fingerprint density at radius 1 is 1.10 bits per heavy atom. The quantitative estimate of drug-likeness (QED) is 0.605. The number of hydrogen-bond acceptors (Lipinski definition) is 4. The normalized spacial score (nSPS) is 11.5. The lowest BCUT2D eigenvalue weighted by molar-refractivity contribution is -0.121. The maximum Gasteiger partial charge on any atom is 0.243 e. The topological polar surface area (TPSA) is 95.6 Å². The van der Waals surface area contributed by atoms with Crippen LogP contribution in [0.5, 0.6) is 0 Å². The van der Waals surface area contributed by atoms with E-state index in [2.05, 4.69) is 26.6 Å². The molecule has 2 aromatic rings. The molecule has 0 aromatic heterocycles. The molecular weight excluding hydrogens is 458 g/mol. The predicted molar refractivity (Wildman–Crippen MR) is 116 cm³/mol. The first-order chi connectivity index (χ1) is 13.6. The number of nitrogens with zero attached hydrogens (tertiary/aromatic N) is 1. The molecule has 0 aliphatic rings. The standard InChI is InChI=1S/C20H24BrN3O4S/c1-14(2)20(26)23-17-6-4-5-15(11-17)12-22-19(25)13-24(3)29(27,28)18-9-7-16(21)8-10-18/h4-11,14H,12-13H2,1-3H3,(H,22,25)(H,23,26). The fourth-order valence-corrected chi connectivity index (χ4v) is 3.77. The van der Waals surface area contributed by atoms with Gasteiger partial charge in [0.2, 0.25) is 21.8 Å². The first-order valence-electron chi connectivity index (χ1n) is 8.98. The second-order valence-electron chi connectivity index (χ2n) is 6.84. The van der Waals surface area contributed by atoms with Crippen LogP contribution in [-0.2, 0) is 26.2 Å². The monoisotopic (exact) mass is 481 g/mol. The molecule has 0 bridgehead atoms. The van der Waals surface area contributed by atoms with Gasteiger partial charge in [0, 0.05) is 29.7 Å². The molecule has 0 atom stereocenters. The summed E-state index contributed by atoms with van der Waals surface area (Å²) in [7, 11) is -2.40. The average molecular weight is 482 g/mol. The molecule has 0 aliphatic heterocycles. The maximum atomic E-state index is 12.5. The van der Waals surface area contributed by atoms with Crippen LogP contribution in [-0.4, -0.2) is 38.1 Å². The van der Waals surface area contributed by atoms with Crippen LogP contribution in [0.3, 0.4) is 0 Å². The highest BCUT2D eigenvalue weighted by molar-refractivity contribution is 9.10. The molecule has 7 nitrogen and oxygen atoms in total. The summed E-state index contributed by atoms with van der Waals surface area (Å²) >= 11 is 3.26. The number of carbonyl (C=O) groups excluding carboxylic acids is 2. The number of anilines is 1. The second kappa shape index (κ2) is 10.00. The Kier molecular flexibility index (Phi) is 7.95. The molecule has 0 saturated carbocycles. The Balaban J connectivity index is 1.94. The van der Waals surface area contributed by atoms with Crippen LogP contribution < -0.4 is 10.6 Å². The highest BCUT2D eigenvalue weighted by atomic mass is 79.9. The maximum absolute atomic E-state index is 12.5. The van der Waals surface area contributed by atoms with Crippen LogP contribution in [0.1, 0.15) is 19.4 Å². The van der Waals surface area contributed by atoms with E-state index in [1.54, 1.807) is 44.2 Å². The molecule has 2 amide bonds. The average Bonchev–Trinajstić information content (AvgIpc) is 2.67. The fourth-order valence-electron chi connectivity index (χ4n) is 2.38. The Hall–Kier alpha value is -2.23. The lowest BCUT2D eigenvalue weighted by atomic mass is 10.1. The van der Waals surface area contributed by atoms with Gasteiger partial charge in [-0.1, -0.05) is 41.9 Å². The zero-order valence-corrected chi connectivity index (χ0v) is 18.9. The van der Waals surface area contributed by atoms with Gasteiger partial charge in [-0.05, 0) is 42.0 Å². The number of likely N-dealkylation sites (N-methyl/N-ethyl adjacent to an activating group) is 1. The largest absolute Gasteiger partial charge is 0.351 e. The third-order valence-corrected chi connectivity index (χ3v) is 6.44. The summed E-state index contributed by atoms with van der Waals surface area (Å²) in [6.45, 7) is 3.52. The van der Waals surface area contributed by atoms with Crippen molar-refractivity contribution in [3.8, 4) is 0 Å². The van der Waals surface area contributed by atoms with Crippen LogP contribution in [0, 0.1) is 5.92 Å². The SMILES string of the molecule is CC(C)C(=O)Nc1cccc(CNC(=O)CN(C)S(=O)(=O)c2ccc(Br)cc2)c1. The van der Waals surface area contributed by atoms with E-state index < -0.39 is 15.9 Å².